The molecule has 0 unspecified atom stereocenters. The van der Waals surface area contributed by atoms with Gasteiger partial charge < -0.3 is 10.1 Å². The molecule has 0 aliphatic rings. The molecule has 0 fully saturated rings. The Morgan fingerprint density at radius 2 is 1.55 bits per heavy atom. The Bertz CT molecular complexity index is 1100. The fourth-order valence-corrected chi connectivity index (χ4v) is 3.83. The molecule has 0 radical (unpaired) electrons. The predicted octanol–water partition coefficient (Wildman–Crippen LogP) is 4.58. The Labute approximate surface area is 178 Å². The van der Waals surface area contributed by atoms with Gasteiger partial charge in [-0.15, -0.1) is 0 Å². The van der Waals surface area contributed by atoms with Crippen molar-refractivity contribution in [2.24, 2.45) is 0 Å². The van der Waals surface area contributed by atoms with Crippen LogP contribution in [0.5, 0.6) is 5.75 Å². The third-order valence-electron chi connectivity index (χ3n) is 4.00. The van der Waals surface area contributed by atoms with Crippen molar-refractivity contribution in [3.63, 3.8) is 0 Å². The van der Waals surface area contributed by atoms with E-state index >= 15 is 0 Å². The summed E-state index contributed by atoms with van der Waals surface area (Å²) in [5.74, 6) is 0.306. The van der Waals surface area contributed by atoms with E-state index in [-0.39, 0.29) is 17.4 Å². The Morgan fingerprint density at radius 1 is 0.931 bits per heavy atom. The van der Waals surface area contributed by atoms with Gasteiger partial charge in [0.1, 0.15) is 5.75 Å². The molecule has 0 aliphatic carbocycles. The minimum absolute atomic E-state index is 0.0922. The molecular weight excluding hydrogens is 456 g/mol. The molecule has 0 aliphatic heterocycles. The number of sulfonamides is 1. The van der Waals surface area contributed by atoms with Crippen LogP contribution < -0.4 is 14.8 Å². The van der Waals surface area contributed by atoms with Crippen LogP contribution in [0, 0.1) is 6.92 Å². The van der Waals surface area contributed by atoms with Gasteiger partial charge in [-0.3, -0.25) is 9.52 Å². The second-order valence-electron chi connectivity index (χ2n) is 6.24. The topological polar surface area (TPSA) is 84.5 Å². The quantitative estimate of drug-likeness (QED) is 0.524. The first-order chi connectivity index (χ1) is 13.8. The van der Waals surface area contributed by atoms with Crippen molar-refractivity contribution in [3.05, 3.63) is 82.8 Å². The monoisotopic (exact) mass is 474 g/mol. The largest absolute Gasteiger partial charge is 0.483 e. The lowest BCUT2D eigenvalue weighted by atomic mass is 10.2. The maximum atomic E-state index is 12.5. The van der Waals surface area contributed by atoms with Crippen LogP contribution in [0.4, 0.5) is 11.4 Å². The summed E-state index contributed by atoms with van der Waals surface area (Å²) < 4.78 is 33.8. The van der Waals surface area contributed by atoms with Gasteiger partial charge in [-0.05, 0) is 67.1 Å². The van der Waals surface area contributed by atoms with E-state index in [9.17, 15) is 13.2 Å². The highest BCUT2D eigenvalue weighted by Crippen LogP contribution is 2.20. The minimum atomic E-state index is -3.73. The lowest BCUT2D eigenvalue weighted by Crippen LogP contribution is -2.20. The summed E-state index contributed by atoms with van der Waals surface area (Å²) in [6.45, 7) is 1.75. The van der Waals surface area contributed by atoms with Crippen molar-refractivity contribution < 1.29 is 17.9 Å². The van der Waals surface area contributed by atoms with E-state index in [1.54, 1.807) is 30.3 Å². The maximum absolute atomic E-state index is 12.5. The lowest BCUT2D eigenvalue weighted by Gasteiger charge is -2.11. The Kier molecular flexibility index (Phi) is 6.56. The first-order valence-corrected chi connectivity index (χ1v) is 11.0. The van der Waals surface area contributed by atoms with Crippen LogP contribution in [-0.2, 0) is 14.8 Å². The average molecular weight is 475 g/mol. The van der Waals surface area contributed by atoms with Gasteiger partial charge in [-0.2, -0.15) is 0 Å². The number of nitrogens with one attached hydrogen (secondary N) is 2. The third kappa shape index (κ3) is 5.82. The smallest absolute Gasteiger partial charge is 0.262 e. The van der Waals surface area contributed by atoms with E-state index < -0.39 is 10.0 Å². The van der Waals surface area contributed by atoms with Gasteiger partial charge in [-0.1, -0.05) is 34.1 Å². The SMILES string of the molecule is Cc1ccccc1OCC(=O)Nc1ccc(S(=O)(=O)Nc2ccc(Br)cc2)cc1. The van der Waals surface area contributed by atoms with Gasteiger partial charge in [0.2, 0.25) is 0 Å². The highest BCUT2D eigenvalue weighted by molar-refractivity contribution is 9.10. The lowest BCUT2D eigenvalue weighted by molar-refractivity contribution is -0.118. The van der Waals surface area contributed by atoms with Crippen LogP contribution in [-0.4, -0.2) is 20.9 Å². The normalized spacial score (nSPS) is 11.0. The zero-order valence-electron chi connectivity index (χ0n) is 15.6. The maximum Gasteiger partial charge on any atom is 0.262 e. The van der Waals surface area contributed by atoms with Gasteiger partial charge in [0.25, 0.3) is 15.9 Å². The number of hydrogen-bond acceptors (Lipinski definition) is 4. The number of anilines is 2. The summed E-state index contributed by atoms with van der Waals surface area (Å²) in [6, 6.07) is 20.1. The number of carbonyl (C=O) groups is 1. The van der Waals surface area contributed by atoms with Crippen molar-refractivity contribution in [3.8, 4) is 5.75 Å². The van der Waals surface area contributed by atoms with Gasteiger partial charge in [-0.25, -0.2) is 8.42 Å². The van der Waals surface area contributed by atoms with E-state index in [0.717, 1.165) is 10.0 Å². The summed E-state index contributed by atoms with van der Waals surface area (Å²) >= 11 is 3.30. The van der Waals surface area contributed by atoms with Crippen LogP contribution in [0.2, 0.25) is 0 Å². The zero-order valence-corrected chi connectivity index (χ0v) is 18.0. The second kappa shape index (κ2) is 9.11. The number of rotatable bonds is 7. The Balaban J connectivity index is 1.59. The van der Waals surface area contributed by atoms with Crippen molar-refractivity contribution in [2.45, 2.75) is 11.8 Å². The summed E-state index contributed by atoms with van der Waals surface area (Å²) in [7, 11) is -3.73. The second-order valence-corrected chi connectivity index (χ2v) is 8.84. The van der Waals surface area contributed by atoms with E-state index in [4.69, 9.17) is 4.74 Å². The molecule has 2 N–H and O–H groups in total. The molecule has 8 heteroatoms. The van der Waals surface area contributed by atoms with Crippen molar-refractivity contribution >= 4 is 43.2 Å². The number of aryl methyl sites for hydroxylation is 1. The molecule has 3 aromatic carbocycles. The molecule has 0 saturated carbocycles. The number of benzene rings is 3. The molecule has 0 atom stereocenters. The van der Waals surface area contributed by atoms with E-state index in [1.165, 1.54) is 24.3 Å². The summed E-state index contributed by atoms with van der Waals surface area (Å²) in [6.07, 6.45) is 0. The van der Waals surface area contributed by atoms with Crippen LogP contribution >= 0.6 is 15.9 Å². The van der Waals surface area contributed by atoms with Gasteiger partial charge in [0, 0.05) is 15.8 Å². The molecule has 3 rings (SSSR count). The molecule has 0 bridgehead atoms. The van der Waals surface area contributed by atoms with E-state index in [1.807, 2.05) is 25.1 Å². The number of carbonyl (C=O) groups excluding carboxylic acids is 1. The van der Waals surface area contributed by atoms with Gasteiger partial charge in [0.15, 0.2) is 6.61 Å². The van der Waals surface area contributed by atoms with Crippen molar-refractivity contribution in [1.82, 2.24) is 0 Å². The summed E-state index contributed by atoms with van der Waals surface area (Å²) in [4.78, 5) is 12.2. The highest BCUT2D eigenvalue weighted by Gasteiger charge is 2.14. The van der Waals surface area contributed by atoms with Gasteiger partial charge >= 0.3 is 0 Å². The van der Waals surface area contributed by atoms with Crippen molar-refractivity contribution in [2.75, 3.05) is 16.6 Å². The summed E-state index contributed by atoms with van der Waals surface area (Å²) in [5, 5.41) is 2.68. The molecule has 1 amide bonds. The molecule has 0 spiro atoms. The third-order valence-corrected chi connectivity index (χ3v) is 5.92. The number of para-hydroxylation sites is 1. The minimum Gasteiger partial charge on any atom is -0.483 e. The number of amides is 1. The molecule has 3 aromatic rings. The van der Waals surface area contributed by atoms with Crippen LogP contribution in [0.3, 0.4) is 0 Å². The van der Waals surface area contributed by atoms with Crippen molar-refractivity contribution in [1.29, 1.82) is 0 Å². The summed E-state index contributed by atoms with van der Waals surface area (Å²) in [5.41, 5.74) is 1.87. The molecule has 150 valence electrons. The van der Waals surface area contributed by atoms with Crippen LogP contribution in [0.25, 0.3) is 0 Å². The number of hydrogen-bond donors (Lipinski definition) is 2. The first kappa shape index (κ1) is 20.9. The molecule has 0 heterocycles. The van der Waals surface area contributed by atoms with Crippen LogP contribution in [0.15, 0.2) is 82.2 Å². The molecule has 29 heavy (non-hydrogen) atoms. The molecular formula is C21H19BrN2O4S. The molecule has 6 nitrogen and oxygen atoms in total. The Morgan fingerprint density at radius 3 is 2.21 bits per heavy atom. The molecule has 0 saturated heterocycles. The fraction of sp³-hybridized carbons (Fsp3) is 0.0952. The number of halogens is 1. The average Bonchev–Trinajstić information content (AvgIpc) is 2.69. The van der Waals surface area contributed by atoms with E-state index in [0.29, 0.717) is 17.1 Å². The van der Waals surface area contributed by atoms with Gasteiger partial charge in [0.05, 0.1) is 4.90 Å². The standard InChI is InChI=1S/C21H19BrN2O4S/c1-15-4-2-3-5-20(15)28-14-21(25)23-17-10-12-19(13-11-17)29(26,27)24-18-8-6-16(22)7-9-18/h2-13,24H,14H2,1H3,(H,23,25). The zero-order chi connectivity index (χ0) is 20.9. The highest BCUT2D eigenvalue weighted by atomic mass is 79.9. The Hall–Kier alpha value is -2.84. The number of ether oxygens (including phenoxy) is 1. The molecule has 0 aromatic heterocycles. The predicted molar refractivity (Wildman–Crippen MR) is 117 cm³/mol. The first-order valence-electron chi connectivity index (χ1n) is 8.70. The van der Waals surface area contributed by atoms with E-state index in [2.05, 4.69) is 26.0 Å². The fourth-order valence-electron chi connectivity index (χ4n) is 2.51. The van der Waals surface area contributed by atoms with Crippen LogP contribution in [0.1, 0.15) is 5.56 Å².